The Morgan fingerprint density at radius 2 is 1.97 bits per heavy atom. The van der Waals surface area contributed by atoms with E-state index in [1.807, 2.05) is 6.92 Å². The van der Waals surface area contributed by atoms with Gasteiger partial charge in [-0.15, -0.1) is 0 Å². The predicted octanol–water partition coefficient (Wildman–Crippen LogP) is 2.42. The lowest BCUT2D eigenvalue weighted by molar-refractivity contribution is -0.220. The summed E-state index contributed by atoms with van der Waals surface area (Å²) in [4.78, 5) is 38.7. The summed E-state index contributed by atoms with van der Waals surface area (Å²) in [5.74, 6) is -3.23. The Bertz CT molecular complexity index is 1100. The molecule has 0 amide bonds. The van der Waals surface area contributed by atoms with E-state index in [1.54, 1.807) is 26.8 Å². The van der Waals surface area contributed by atoms with E-state index >= 15 is 0 Å². The average Bonchev–Trinajstić information content (AvgIpc) is 3.35. The van der Waals surface area contributed by atoms with Crippen LogP contribution in [-0.2, 0) is 23.9 Å². The molecule has 2 aliphatic carbocycles. The number of aliphatic carboxylic acids is 1. The first-order valence-electron chi connectivity index (χ1n) is 12.0. The highest BCUT2D eigenvalue weighted by atomic mass is 16.7. The van der Waals surface area contributed by atoms with Gasteiger partial charge < -0.3 is 29.2 Å². The van der Waals surface area contributed by atoms with Crippen molar-refractivity contribution in [2.24, 2.45) is 28.1 Å². The number of aliphatic hydroxyl groups excluding tert-OH is 1. The Balaban J connectivity index is 1.71. The molecule has 35 heavy (non-hydrogen) atoms. The van der Waals surface area contributed by atoms with Gasteiger partial charge in [-0.1, -0.05) is 13.0 Å². The molecule has 0 aromatic carbocycles. The number of cyclic esters (lactones) is 1. The van der Waals surface area contributed by atoms with Gasteiger partial charge in [0.1, 0.15) is 17.5 Å². The normalized spacial score (nSPS) is 44.9. The van der Waals surface area contributed by atoms with Crippen molar-refractivity contribution in [1.82, 2.24) is 0 Å². The first-order chi connectivity index (χ1) is 16.3. The highest BCUT2D eigenvalue weighted by molar-refractivity contribution is 5.93. The fraction of sp³-hybridized carbons (Fsp3) is 0.654. The number of hydrogen-bond donors (Lipinski definition) is 3. The number of fused-ring (bicyclic) bond motifs is 1. The molecule has 3 heterocycles. The summed E-state index contributed by atoms with van der Waals surface area (Å²) in [5, 5.41) is 31.3. The van der Waals surface area contributed by atoms with Crippen molar-refractivity contribution in [2.45, 2.75) is 70.4 Å². The van der Waals surface area contributed by atoms with Crippen LogP contribution in [0.1, 0.15) is 58.6 Å². The molecule has 9 heteroatoms. The van der Waals surface area contributed by atoms with Crippen LogP contribution in [-0.4, -0.2) is 57.0 Å². The molecular weight excluding hydrogens is 456 g/mol. The molecule has 9 nitrogen and oxygen atoms in total. The molecule has 0 unspecified atom stereocenters. The fourth-order valence-electron chi connectivity index (χ4n) is 8.14. The smallest absolute Gasteiger partial charge is 0.339 e. The number of esters is 1. The molecule has 1 aromatic heterocycles. The lowest BCUT2D eigenvalue weighted by Crippen LogP contribution is -2.72. The molecule has 4 fully saturated rings. The van der Waals surface area contributed by atoms with Crippen molar-refractivity contribution >= 4 is 17.7 Å². The standard InChI is InChI=1S/C26H32O9/c1-22(2,32)16-11-17(28)24(4)15(25(16,13-27)9-6-18(29)30)5-8-23(3)19(14-7-10-33-12-14)34-21(31)20-26(23,24)35-20/h6-7,9-10,12,15-16,19-20,27,32H,5,8,11,13H2,1-4H3,(H,29,30)/b9-6+/t15-,16-,19-,20+,23-,24-,25-,26+/m0/s1. The van der Waals surface area contributed by atoms with Gasteiger partial charge in [-0.2, -0.15) is 0 Å². The van der Waals surface area contributed by atoms with Crippen molar-refractivity contribution in [3.8, 4) is 0 Å². The number of carboxylic acid groups (broad SMARTS) is 1. The van der Waals surface area contributed by atoms with Crippen molar-refractivity contribution in [3.05, 3.63) is 36.3 Å². The van der Waals surface area contributed by atoms with E-state index in [9.17, 15) is 29.7 Å². The van der Waals surface area contributed by atoms with Gasteiger partial charge in [0.15, 0.2) is 6.10 Å². The number of aliphatic hydroxyl groups is 2. The molecule has 190 valence electrons. The van der Waals surface area contributed by atoms with Crippen molar-refractivity contribution in [1.29, 1.82) is 0 Å². The lowest BCUT2D eigenvalue weighted by Gasteiger charge is -2.65. The molecule has 0 radical (unpaired) electrons. The maximum absolute atomic E-state index is 14.1. The number of carbonyl (C=O) groups excluding carboxylic acids is 2. The van der Waals surface area contributed by atoms with Gasteiger partial charge >= 0.3 is 11.9 Å². The minimum atomic E-state index is -1.38. The number of Topliss-reactive ketones (excluding diaryl/α,β-unsaturated/α-hetero) is 1. The van der Waals surface area contributed by atoms with Gasteiger partial charge in [0, 0.05) is 34.8 Å². The van der Waals surface area contributed by atoms with Crippen LogP contribution in [0.4, 0.5) is 0 Å². The molecular formula is C26H32O9. The van der Waals surface area contributed by atoms with Crippen LogP contribution in [0.3, 0.4) is 0 Å². The van der Waals surface area contributed by atoms with Crippen LogP contribution in [0.25, 0.3) is 0 Å². The summed E-state index contributed by atoms with van der Waals surface area (Å²) in [7, 11) is 0. The first kappa shape index (κ1) is 24.2. The third-order valence-corrected chi connectivity index (χ3v) is 9.69. The Morgan fingerprint density at radius 3 is 2.54 bits per heavy atom. The fourth-order valence-corrected chi connectivity index (χ4v) is 8.14. The Kier molecular flexibility index (Phi) is 5.03. The second-order valence-corrected chi connectivity index (χ2v) is 11.6. The second kappa shape index (κ2) is 7.27. The van der Waals surface area contributed by atoms with Gasteiger partial charge in [-0.25, -0.2) is 9.59 Å². The van der Waals surface area contributed by atoms with E-state index in [4.69, 9.17) is 13.9 Å². The van der Waals surface area contributed by atoms with Gasteiger partial charge in [0.05, 0.1) is 30.1 Å². The van der Waals surface area contributed by atoms with E-state index in [-0.39, 0.29) is 12.2 Å². The van der Waals surface area contributed by atoms with E-state index in [0.717, 1.165) is 6.08 Å². The molecule has 0 bridgehead atoms. The first-order valence-corrected chi connectivity index (χ1v) is 12.0. The summed E-state index contributed by atoms with van der Waals surface area (Å²) in [6, 6.07) is 1.73. The molecule has 2 saturated carbocycles. The number of ketones is 1. The Labute approximate surface area is 203 Å². The van der Waals surface area contributed by atoms with Gasteiger partial charge in [-0.05, 0) is 45.6 Å². The van der Waals surface area contributed by atoms with E-state index in [1.165, 1.54) is 18.6 Å². The number of carboxylic acids is 1. The third kappa shape index (κ3) is 2.83. The number of epoxide rings is 1. The highest BCUT2D eigenvalue weighted by Gasteiger charge is 2.88. The molecule has 8 atom stereocenters. The lowest BCUT2D eigenvalue weighted by atomic mass is 9.37. The van der Waals surface area contributed by atoms with Crippen molar-refractivity contribution < 1.29 is 43.6 Å². The maximum atomic E-state index is 14.1. The zero-order chi connectivity index (χ0) is 25.6. The summed E-state index contributed by atoms with van der Waals surface area (Å²) in [6.07, 6.45) is 4.63. The number of carbonyl (C=O) groups is 3. The number of hydrogen-bond acceptors (Lipinski definition) is 8. The van der Waals surface area contributed by atoms with Crippen molar-refractivity contribution in [3.63, 3.8) is 0 Å². The predicted molar refractivity (Wildman–Crippen MR) is 120 cm³/mol. The maximum Gasteiger partial charge on any atom is 0.339 e. The molecule has 4 aliphatic rings. The topological polar surface area (TPSA) is 147 Å². The zero-order valence-electron chi connectivity index (χ0n) is 20.3. The second-order valence-electron chi connectivity index (χ2n) is 11.6. The molecule has 2 aliphatic heterocycles. The Hall–Kier alpha value is -2.49. The van der Waals surface area contributed by atoms with Gasteiger partial charge in [-0.3, -0.25) is 4.79 Å². The third-order valence-electron chi connectivity index (χ3n) is 9.69. The number of rotatable bonds is 5. The zero-order valence-corrected chi connectivity index (χ0v) is 20.3. The van der Waals surface area contributed by atoms with Crippen LogP contribution >= 0.6 is 0 Å². The minimum Gasteiger partial charge on any atom is -0.478 e. The quantitative estimate of drug-likeness (QED) is 0.323. The van der Waals surface area contributed by atoms with Gasteiger partial charge in [0.25, 0.3) is 0 Å². The number of furan rings is 1. The largest absolute Gasteiger partial charge is 0.478 e. The Morgan fingerprint density at radius 1 is 1.26 bits per heavy atom. The van der Waals surface area contributed by atoms with E-state index in [2.05, 4.69) is 0 Å². The highest BCUT2D eigenvalue weighted by Crippen LogP contribution is 2.78. The van der Waals surface area contributed by atoms with Crippen LogP contribution in [0, 0.1) is 28.1 Å². The van der Waals surface area contributed by atoms with E-state index < -0.39 is 70.0 Å². The minimum absolute atomic E-state index is 0.0969. The number of ether oxygens (including phenoxy) is 2. The van der Waals surface area contributed by atoms with E-state index in [0.29, 0.717) is 18.4 Å². The van der Waals surface area contributed by atoms with Gasteiger partial charge in [0.2, 0.25) is 0 Å². The average molecular weight is 489 g/mol. The van der Waals surface area contributed by atoms with Crippen molar-refractivity contribution in [2.75, 3.05) is 6.61 Å². The molecule has 5 rings (SSSR count). The summed E-state index contributed by atoms with van der Waals surface area (Å²) in [5.41, 5.74) is -5.13. The SMILES string of the molecule is CC(C)(O)[C@@H]1CC(=O)[C@]2(C)[C@H](CC[C@@]3(C)[C@H](c4ccoc4)OC(=O)[C@H]4O[C@]432)[C@]1(/C=C/C(=O)O)CO. The van der Waals surface area contributed by atoms with Crippen LogP contribution in [0.2, 0.25) is 0 Å². The van der Waals surface area contributed by atoms with Crippen LogP contribution in [0.5, 0.6) is 0 Å². The molecule has 3 N–H and O–H groups in total. The molecule has 2 saturated heterocycles. The van der Waals surface area contributed by atoms with Crippen LogP contribution < -0.4 is 0 Å². The van der Waals surface area contributed by atoms with Crippen LogP contribution in [0.15, 0.2) is 35.2 Å². The molecule has 1 aromatic rings. The molecule has 1 spiro atoms. The summed E-state index contributed by atoms with van der Waals surface area (Å²) < 4.78 is 17.3. The summed E-state index contributed by atoms with van der Waals surface area (Å²) >= 11 is 0. The monoisotopic (exact) mass is 488 g/mol. The summed E-state index contributed by atoms with van der Waals surface area (Å²) in [6.45, 7) is 6.41.